The first-order valence-corrected chi connectivity index (χ1v) is 17.1. The lowest BCUT2D eigenvalue weighted by atomic mass is 9.95. The minimum absolute atomic E-state index is 0.793. The van der Waals surface area contributed by atoms with Crippen LogP contribution in [0.3, 0.4) is 0 Å². The Morgan fingerprint density at radius 2 is 1.18 bits per heavy atom. The maximum absolute atomic E-state index is 6.26. The molecule has 7 aromatic rings. The molecule has 6 aromatic carbocycles. The summed E-state index contributed by atoms with van der Waals surface area (Å²) in [4.78, 5) is 2.24. The highest BCUT2D eigenvalue weighted by atomic mass is 16.5. The molecule has 0 spiro atoms. The summed E-state index contributed by atoms with van der Waals surface area (Å²) in [6.07, 6.45) is 14.3. The first kappa shape index (κ1) is 30.2. The van der Waals surface area contributed by atoms with E-state index in [-0.39, 0.29) is 0 Å². The van der Waals surface area contributed by atoms with Crippen LogP contribution in [0.5, 0.6) is 5.75 Å². The Bertz CT molecular complexity index is 2630. The molecule has 0 N–H and O–H groups in total. The number of nitrogens with zero attached hydrogens (tertiary/aromatic N) is 2. The molecule has 0 bridgehead atoms. The molecule has 0 unspecified atom stereocenters. The van der Waals surface area contributed by atoms with E-state index < -0.39 is 0 Å². The van der Waals surface area contributed by atoms with Gasteiger partial charge in [0.05, 0.1) is 22.4 Å². The molecule has 0 radical (unpaired) electrons. The molecule has 0 saturated carbocycles. The minimum Gasteiger partial charge on any atom is -0.462 e. The Balaban J connectivity index is 1.12. The van der Waals surface area contributed by atoms with E-state index in [1.165, 1.54) is 21.9 Å². The molecule has 0 aliphatic carbocycles. The SMILES string of the molecule is C=C1/C=C\C(n2c3ccccc3c3cc(-c4ccc5c(c4)C(=C)/C=C\C=C/N5c4ccc(-c5ccccc5)cc4)ccc32)=C/Oc2ccccc21. The lowest BCUT2D eigenvalue weighted by Gasteiger charge is -2.26. The maximum Gasteiger partial charge on any atom is 0.134 e. The molecule has 0 amide bonds. The average Bonchev–Trinajstić information content (AvgIpc) is 3.50. The van der Waals surface area contributed by atoms with Crippen LogP contribution in [0, 0.1) is 0 Å². The number of benzene rings is 6. The highest BCUT2D eigenvalue weighted by Crippen LogP contribution is 2.40. The topological polar surface area (TPSA) is 17.4 Å². The maximum atomic E-state index is 6.26. The van der Waals surface area contributed by atoms with Crippen LogP contribution >= 0.6 is 0 Å². The van der Waals surface area contributed by atoms with Crippen LogP contribution in [0.2, 0.25) is 0 Å². The van der Waals surface area contributed by atoms with Crippen molar-refractivity contribution in [3.8, 4) is 28.0 Å². The van der Waals surface area contributed by atoms with E-state index in [0.29, 0.717) is 0 Å². The summed E-state index contributed by atoms with van der Waals surface area (Å²) in [6.45, 7) is 8.78. The van der Waals surface area contributed by atoms with Crippen LogP contribution in [0.15, 0.2) is 196 Å². The first-order valence-electron chi connectivity index (χ1n) is 17.1. The van der Waals surface area contributed by atoms with Crippen molar-refractivity contribution in [2.45, 2.75) is 0 Å². The highest BCUT2D eigenvalue weighted by Gasteiger charge is 2.18. The van der Waals surface area contributed by atoms with Gasteiger partial charge in [0.25, 0.3) is 0 Å². The third-order valence-electron chi connectivity index (χ3n) is 9.76. The first-order chi connectivity index (χ1) is 25.1. The van der Waals surface area contributed by atoms with Crippen molar-refractivity contribution in [3.05, 3.63) is 207 Å². The zero-order valence-electron chi connectivity index (χ0n) is 28.0. The fraction of sp³-hybridized carbons (Fsp3) is 0. The molecule has 3 heteroatoms. The van der Waals surface area contributed by atoms with E-state index >= 15 is 0 Å². The van der Waals surface area contributed by atoms with Crippen LogP contribution < -0.4 is 9.64 Å². The average molecular weight is 655 g/mol. The second-order valence-electron chi connectivity index (χ2n) is 12.8. The number of aromatic nitrogens is 1. The summed E-state index contributed by atoms with van der Waals surface area (Å²) in [5.41, 5.74) is 13.9. The van der Waals surface area contributed by atoms with Gasteiger partial charge in [0.1, 0.15) is 12.0 Å². The normalized spacial score (nSPS) is 16.9. The summed E-state index contributed by atoms with van der Waals surface area (Å²) < 4.78 is 8.53. The van der Waals surface area contributed by atoms with E-state index in [1.807, 2.05) is 36.6 Å². The van der Waals surface area contributed by atoms with E-state index in [0.717, 1.165) is 67.3 Å². The van der Waals surface area contributed by atoms with Gasteiger partial charge in [-0.2, -0.15) is 0 Å². The molecule has 0 fully saturated rings. The van der Waals surface area contributed by atoms with Crippen molar-refractivity contribution in [3.63, 3.8) is 0 Å². The predicted molar refractivity (Wildman–Crippen MR) is 216 cm³/mol. The van der Waals surface area contributed by atoms with Crippen LogP contribution in [-0.4, -0.2) is 4.57 Å². The second-order valence-corrected chi connectivity index (χ2v) is 12.8. The van der Waals surface area contributed by atoms with Crippen molar-refractivity contribution in [2.75, 3.05) is 4.90 Å². The molecule has 3 nitrogen and oxygen atoms in total. The lowest BCUT2D eigenvalue weighted by molar-refractivity contribution is 0.480. The Kier molecular flexibility index (Phi) is 7.44. The third kappa shape index (κ3) is 5.42. The summed E-state index contributed by atoms with van der Waals surface area (Å²) in [5.74, 6) is 0.793. The second kappa shape index (κ2) is 12.6. The van der Waals surface area contributed by atoms with E-state index in [1.54, 1.807) is 0 Å². The Hall–Kier alpha value is -6.84. The largest absolute Gasteiger partial charge is 0.462 e. The Morgan fingerprint density at radius 3 is 2.06 bits per heavy atom. The third-order valence-corrected chi connectivity index (χ3v) is 9.76. The predicted octanol–water partition coefficient (Wildman–Crippen LogP) is 12.8. The molecule has 0 atom stereocenters. The summed E-state index contributed by atoms with van der Waals surface area (Å²) in [7, 11) is 0. The summed E-state index contributed by atoms with van der Waals surface area (Å²) in [5, 5.41) is 2.35. The van der Waals surface area contributed by atoms with Crippen LogP contribution in [0.4, 0.5) is 11.4 Å². The van der Waals surface area contributed by atoms with Gasteiger partial charge in [-0.3, -0.25) is 0 Å². The molecule has 242 valence electrons. The molecule has 2 aliphatic rings. The highest BCUT2D eigenvalue weighted by molar-refractivity contribution is 6.11. The quantitative estimate of drug-likeness (QED) is 0.188. The number of para-hydroxylation sites is 2. The van der Waals surface area contributed by atoms with Gasteiger partial charge in [0, 0.05) is 33.8 Å². The van der Waals surface area contributed by atoms with Crippen LogP contribution in [0.25, 0.3) is 60.9 Å². The lowest BCUT2D eigenvalue weighted by Crippen LogP contribution is -2.11. The molecule has 3 heterocycles. The number of hydrogen-bond acceptors (Lipinski definition) is 2. The van der Waals surface area contributed by atoms with Gasteiger partial charge in [-0.15, -0.1) is 0 Å². The number of rotatable bonds is 4. The molecule has 9 rings (SSSR count). The van der Waals surface area contributed by atoms with Gasteiger partial charge in [-0.05, 0) is 94.1 Å². The Morgan fingerprint density at radius 1 is 0.490 bits per heavy atom. The standard InChI is InChI=1S/C48H34N2O/c1-33-12-10-11-29-49(39-25-20-36(21-26-39)35-13-4-3-5-14-35)45-27-22-37(30-43(33)45)38-23-28-47-44(31-38)42-16-6-8-17-46(42)50(47)40-24-19-34(2)41-15-7-9-18-48(41)51-32-40/h3-32H,1-2H2/b12-10-,24-19-,29-11-,40-32+. The fourth-order valence-electron chi connectivity index (χ4n) is 7.16. The Labute approximate surface area is 298 Å². The van der Waals surface area contributed by atoms with Crippen molar-refractivity contribution < 1.29 is 4.74 Å². The van der Waals surface area contributed by atoms with Gasteiger partial charge < -0.3 is 14.2 Å². The summed E-state index contributed by atoms with van der Waals surface area (Å²) >= 11 is 0. The number of ether oxygens (including phenoxy) is 1. The number of allylic oxidation sites excluding steroid dienone is 8. The van der Waals surface area contributed by atoms with Crippen molar-refractivity contribution in [2.24, 2.45) is 0 Å². The van der Waals surface area contributed by atoms with Crippen molar-refractivity contribution in [1.29, 1.82) is 0 Å². The smallest absolute Gasteiger partial charge is 0.134 e. The number of hydrogen-bond donors (Lipinski definition) is 0. The van der Waals surface area contributed by atoms with Gasteiger partial charge in [-0.25, -0.2) is 0 Å². The van der Waals surface area contributed by atoms with Crippen molar-refractivity contribution >= 4 is 50.0 Å². The molecule has 51 heavy (non-hydrogen) atoms. The minimum atomic E-state index is 0.793. The molecule has 0 saturated heterocycles. The summed E-state index contributed by atoms with van der Waals surface area (Å²) in [6, 6.07) is 49.2. The van der Waals surface area contributed by atoms with Gasteiger partial charge in [-0.1, -0.05) is 122 Å². The zero-order chi connectivity index (χ0) is 34.3. The monoisotopic (exact) mass is 654 g/mol. The van der Waals surface area contributed by atoms with Crippen molar-refractivity contribution in [1.82, 2.24) is 4.57 Å². The number of fused-ring (bicyclic) bond motifs is 5. The van der Waals surface area contributed by atoms with Gasteiger partial charge in [0.2, 0.25) is 0 Å². The van der Waals surface area contributed by atoms with Gasteiger partial charge in [0.15, 0.2) is 0 Å². The molecular formula is C48H34N2O. The van der Waals surface area contributed by atoms with Gasteiger partial charge >= 0.3 is 0 Å². The number of anilines is 2. The van der Waals surface area contributed by atoms with E-state index in [2.05, 4.69) is 168 Å². The molecule has 2 aliphatic heterocycles. The molecule has 1 aromatic heterocycles. The van der Waals surface area contributed by atoms with E-state index in [4.69, 9.17) is 4.74 Å². The van der Waals surface area contributed by atoms with E-state index in [9.17, 15) is 0 Å². The van der Waals surface area contributed by atoms with Crippen LogP contribution in [-0.2, 0) is 0 Å². The fourth-order valence-corrected chi connectivity index (χ4v) is 7.16. The molecular weight excluding hydrogens is 621 g/mol. The zero-order valence-corrected chi connectivity index (χ0v) is 28.0. The van der Waals surface area contributed by atoms with Crippen LogP contribution in [0.1, 0.15) is 11.1 Å².